The number of carbonyl (C=O) groups excluding carboxylic acids is 1. The zero-order valence-corrected chi connectivity index (χ0v) is 13.0. The fourth-order valence-corrected chi connectivity index (χ4v) is 3.85. The SMILES string of the molecule is Cc1nc(C)c([C@H](C)N(C)C(=O)[C@H]2CC[C@H](N)C2)s1. The van der Waals surface area contributed by atoms with Gasteiger partial charge >= 0.3 is 0 Å². The van der Waals surface area contributed by atoms with Crippen LogP contribution in [0, 0.1) is 19.8 Å². The summed E-state index contributed by atoms with van der Waals surface area (Å²) in [5.41, 5.74) is 6.94. The predicted octanol–water partition coefficient (Wildman–Crippen LogP) is 2.41. The molecule has 1 aliphatic carbocycles. The Bertz CT molecular complexity index is 471. The summed E-state index contributed by atoms with van der Waals surface area (Å²) in [6.07, 6.45) is 2.73. The predicted molar refractivity (Wildman–Crippen MR) is 78.1 cm³/mol. The zero-order chi connectivity index (χ0) is 14.2. The smallest absolute Gasteiger partial charge is 0.226 e. The van der Waals surface area contributed by atoms with E-state index in [1.165, 1.54) is 4.88 Å². The quantitative estimate of drug-likeness (QED) is 0.925. The number of nitrogens with two attached hydrogens (primary N) is 1. The maximum absolute atomic E-state index is 12.5. The Morgan fingerprint density at radius 1 is 1.47 bits per heavy atom. The Hall–Kier alpha value is -0.940. The van der Waals surface area contributed by atoms with E-state index in [2.05, 4.69) is 11.9 Å². The van der Waals surface area contributed by atoms with Gasteiger partial charge in [0.2, 0.25) is 5.91 Å². The first kappa shape index (κ1) is 14.5. The van der Waals surface area contributed by atoms with Crippen LogP contribution in [0.4, 0.5) is 0 Å². The Balaban J connectivity index is 2.08. The summed E-state index contributed by atoms with van der Waals surface area (Å²) in [7, 11) is 1.89. The van der Waals surface area contributed by atoms with Crippen LogP contribution < -0.4 is 5.73 Å². The number of carbonyl (C=O) groups is 1. The molecule has 19 heavy (non-hydrogen) atoms. The number of hydrogen-bond acceptors (Lipinski definition) is 4. The minimum atomic E-state index is 0.0931. The summed E-state index contributed by atoms with van der Waals surface area (Å²) in [4.78, 5) is 20.0. The van der Waals surface area contributed by atoms with E-state index >= 15 is 0 Å². The van der Waals surface area contributed by atoms with Crippen LogP contribution in [0.2, 0.25) is 0 Å². The van der Waals surface area contributed by atoms with Crippen molar-refractivity contribution >= 4 is 17.2 Å². The van der Waals surface area contributed by atoms with E-state index in [4.69, 9.17) is 5.73 Å². The molecule has 1 aliphatic rings. The van der Waals surface area contributed by atoms with Crippen molar-refractivity contribution in [3.05, 3.63) is 15.6 Å². The monoisotopic (exact) mass is 281 g/mol. The van der Waals surface area contributed by atoms with E-state index in [0.29, 0.717) is 0 Å². The molecule has 1 fully saturated rings. The summed E-state index contributed by atoms with van der Waals surface area (Å²) in [5, 5.41) is 1.06. The van der Waals surface area contributed by atoms with Crippen LogP contribution in [0.3, 0.4) is 0 Å². The number of rotatable bonds is 3. The molecule has 0 saturated heterocycles. The van der Waals surface area contributed by atoms with Crippen LogP contribution in [0.5, 0.6) is 0 Å². The van der Waals surface area contributed by atoms with Gasteiger partial charge in [0.25, 0.3) is 0 Å². The van der Waals surface area contributed by atoms with Gasteiger partial charge in [-0.3, -0.25) is 4.79 Å². The molecule has 0 bridgehead atoms. The van der Waals surface area contributed by atoms with Gasteiger partial charge in [0.1, 0.15) is 0 Å². The average Bonchev–Trinajstić information content (AvgIpc) is 2.92. The van der Waals surface area contributed by atoms with E-state index < -0.39 is 0 Å². The van der Waals surface area contributed by atoms with Gasteiger partial charge in [-0.1, -0.05) is 0 Å². The minimum absolute atomic E-state index is 0.0931. The highest BCUT2D eigenvalue weighted by atomic mass is 32.1. The van der Waals surface area contributed by atoms with Crippen LogP contribution >= 0.6 is 11.3 Å². The summed E-state index contributed by atoms with van der Waals surface area (Å²) in [6, 6.07) is 0.292. The minimum Gasteiger partial charge on any atom is -0.338 e. The van der Waals surface area contributed by atoms with Crippen LogP contribution in [-0.4, -0.2) is 28.9 Å². The molecule has 1 aromatic heterocycles. The molecule has 0 spiro atoms. The molecule has 1 heterocycles. The molecule has 5 heteroatoms. The molecule has 2 N–H and O–H groups in total. The highest BCUT2D eigenvalue weighted by molar-refractivity contribution is 7.11. The highest BCUT2D eigenvalue weighted by Gasteiger charge is 2.32. The Kier molecular flexibility index (Phi) is 4.26. The Labute approximate surface area is 119 Å². The molecular formula is C14H23N3OS. The maximum atomic E-state index is 12.5. The number of amides is 1. The third kappa shape index (κ3) is 2.98. The van der Waals surface area contributed by atoms with E-state index in [1.54, 1.807) is 11.3 Å². The fourth-order valence-electron chi connectivity index (χ4n) is 2.83. The van der Waals surface area contributed by atoms with Gasteiger partial charge in [-0.2, -0.15) is 0 Å². The molecule has 0 aromatic carbocycles. The third-order valence-corrected chi connectivity index (χ3v) is 5.31. The lowest BCUT2D eigenvalue weighted by Crippen LogP contribution is -2.34. The van der Waals surface area contributed by atoms with Crippen molar-refractivity contribution in [2.45, 2.75) is 52.1 Å². The zero-order valence-electron chi connectivity index (χ0n) is 12.1. The molecule has 106 valence electrons. The first-order valence-corrected chi connectivity index (χ1v) is 7.68. The van der Waals surface area contributed by atoms with Gasteiger partial charge < -0.3 is 10.6 Å². The molecule has 0 radical (unpaired) electrons. The Morgan fingerprint density at radius 3 is 2.63 bits per heavy atom. The van der Waals surface area contributed by atoms with Crippen molar-refractivity contribution < 1.29 is 4.79 Å². The fraction of sp³-hybridized carbons (Fsp3) is 0.714. The molecule has 1 saturated carbocycles. The molecule has 4 nitrogen and oxygen atoms in total. The normalized spacial score (nSPS) is 24.5. The van der Waals surface area contributed by atoms with Crippen molar-refractivity contribution in [2.75, 3.05) is 7.05 Å². The summed E-state index contributed by atoms with van der Waals surface area (Å²) < 4.78 is 0. The second-order valence-corrected chi connectivity index (χ2v) is 6.81. The molecule has 0 aliphatic heterocycles. The van der Waals surface area contributed by atoms with Crippen LogP contribution in [0.1, 0.15) is 47.8 Å². The lowest BCUT2D eigenvalue weighted by atomic mass is 10.1. The van der Waals surface area contributed by atoms with Crippen molar-refractivity contribution in [1.82, 2.24) is 9.88 Å². The number of thiazole rings is 1. The maximum Gasteiger partial charge on any atom is 0.226 e. The topological polar surface area (TPSA) is 59.2 Å². The van der Waals surface area contributed by atoms with Crippen LogP contribution in [0.15, 0.2) is 0 Å². The van der Waals surface area contributed by atoms with E-state index in [1.807, 2.05) is 25.8 Å². The van der Waals surface area contributed by atoms with E-state index in [9.17, 15) is 4.79 Å². The lowest BCUT2D eigenvalue weighted by molar-refractivity contribution is -0.135. The van der Waals surface area contributed by atoms with Gasteiger partial charge in [0, 0.05) is 23.9 Å². The van der Waals surface area contributed by atoms with Gasteiger partial charge in [-0.05, 0) is 40.0 Å². The first-order valence-electron chi connectivity index (χ1n) is 6.86. The van der Waals surface area contributed by atoms with Gasteiger partial charge in [0.05, 0.1) is 16.7 Å². The van der Waals surface area contributed by atoms with E-state index in [-0.39, 0.29) is 23.9 Å². The van der Waals surface area contributed by atoms with Gasteiger partial charge in [-0.25, -0.2) is 4.98 Å². The highest BCUT2D eigenvalue weighted by Crippen LogP contribution is 2.32. The van der Waals surface area contributed by atoms with Crippen LogP contribution in [-0.2, 0) is 4.79 Å². The summed E-state index contributed by atoms with van der Waals surface area (Å²) in [6.45, 7) is 6.09. The second kappa shape index (κ2) is 5.59. The molecule has 1 aromatic rings. The standard InChI is InChI=1S/C14H23N3OS/c1-8-13(19-10(3)16-8)9(2)17(4)14(18)11-5-6-12(15)7-11/h9,11-12H,5-7,15H2,1-4H3/t9-,11-,12-/m0/s1. The van der Waals surface area contributed by atoms with Gasteiger partial charge in [0.15, 0.2) is 0 Å². The van der Waals surface area contributed by atoms with Crippen molar-refractivity contribution in [1.29, 1.82) is 0 Å². The second-order valence-electron chi connectivity index (χ2n) is 5.58. The largest absolute Gasteiger partial charge is 0.338 e. The molecule has 3 atom stereocenters. The first-order chi connectivity index (χ1) is 8.90. The number of hydrogen-bond donors (Lipinski definition) is 1. The number of nitrogens with zero attached hydrogens (tertiary/aromatic N) is 2. The van der Waals surface area contributed by atoms with Crippen LogP contribution in [0.25, 0.3) is 0 Å². The Morgan fingerprint density at radius 2 is 2.16 bits per heavy atom. The summed E-state index contributed by atoms with van der Waals surface area (Å²) in [5.74, 6) is 0.336. The molecular weight excluding hydrogens is 258 g/mol. The molecule has 2 rings (SSSR count). The third-order valence-electron chi connectivity index (χ3n) is 4.07. The van der Waals surface area contributed by atoms with Crippen molar-refractivity contribution in [3.8, 4) is 0 Å². The summed E-state index contributed by atoms with van der Waals surface area (Å²) >= 11 is 1.68. The average molecular weight is 281 g/mol. The molecule has 1 amide bonds. The van der Waals surface area contributed by atoms with E-state index in [0.717, 1.165) is 30.0 Å². The molecule has 0 unspecified atom stereocenters. The van der Waals surface area contributed by atoms with Crippen molar-refractivity contribution in [3.63, 3.8) is 0 Å². The lowest BCUT2D eigenvalue weighted by Gasteiger charge is -2.27. The van der Waals surface area contributed by atoms with Gasteiger partial charge in [-0.15, -0.1) is 11.3 Å². The number of aryl methyl sites for hydroxylation is 2. The van der Waals surface area contributed by atoms with Crippen molar-refractivity contribution in [2.24, 2.45) is 11.7 Å². The number of aromatic nitrogens is 1.